The second-order valence-corrected chi connectivity index (χ2v) is 4.48. The average Bonchev–Trinajstić information content (AvgIpc) is 2.15. The molecule has 2 heteroatoms. The van der Waals surface area contributed by atoms with Crippen molar-refractivity contribution in [3.8, 4) is 0 Å². The van der Waals surface area contributed by atoms with Crippen LogP contribution in [0, 0.1) is 0 Å². The van der Waals surface area contributed by atoms with Crippen molar-refractivity contribution in [1.29, 1.82) is 0 Å². The fraction of sp³-hybridized carbons (Fsp3) is 1.00. The molecule has 0 aromatic rings. The smallest absolute Gasteiger partial charge is 0.222 e. The first kappa shape index (κ1) is 11.1. The molecule has 1 nitrogen and oxygen atoms in total. The Balaban J connectivity index is 2.05. The number of unbranched alkanes of at least 4 members (excludes halogenated alkanes) is 3. The Morgan fingerprint density at radius 3 is 2.69 bits per heavy atom. The van der Waals surface area contributed by atoms with Crippen LogP contribution in [0.2, 0.25) is 12.6 Å². The topological polar surface area (TPSA) is 3.24 Å². The van der Waals surface area contributed by atoms with Crippen LogP contribution in [0.5, 0.6) is 0 Å². The molecule has 0 bridgehead atoms. The second kappa shape index (κ2) is 6.47. The van der Waals surface area contributed by atoms with Crippen molar-refractivity contribution in [2.24, 2.45) is 0 Å². The summed E-state index contributed by atoms with van der Waals surface area (Å²) in [5.74, 6) is 0. The Morgan fingerprint density at radius 1 is 1.15 bits per heavy atom. The molecule has 1 saturated heterocycles. The maximum Gasteiger partial charge on any atom is 0.222 e. The molecule has 0 saturated carbocycles. The molecule has 1 heterocycles. The van der Waals surface area contributed by atoms with Gasteiger partial charge in [-0.3, -0.25) is 0 Å². The van der Waals surface area contributed by atoms with Crippen LogP contribution in [-0.4, -0.2) is 25.3 Å². The fourth-order valence-corrected chi connectivity index (χ4v) is 2.32. The molecule has 1 fully saturated rings. The first-order valence-electron chi connectivity index (χ1n) is 6.05. The monoisotopic (exact) mass is 181 g/mol. The highest BCUT2D eigenvalue weighted by molar-refractivity contribution is 6.55. The average molecular weight is 181 g/mol. The summed E-state index contributed by atoms with van der Waals surface area (Å²) in [7, 11) is 2.30. The van der Waals surface area contributed by atoms with Gasteiger partial charge in [0.25, 0.3) is 0 Å². The molecule has 1 aliphatic heterocycles. The van der Waals surface area contributed by atoms with E-state index < -0.39 is 0 Å². The van der Waals surface area contributed by atoms with E-state index in [1.165, 1.54) is 57.7 Å². The van der Waals surface area contributed by atoms with Crippen molar-refractivity contribution < 1.29 is 0 Å². The van der Waals surface area contributed by atoms with Gasteiger partial charge in [-0.25, -0.2) is 0 Å². The SMILES string of the molecule is CCCCCCB1CCCCN1C. The van der Waals surface area contributed by atoms with E-state index in [1.807, 2.05) is 0 Å². The third-order valence-corrected chi connectivity index (χ3v) is 3.31. The minimum Gasteiger partial charge on any atom is -0.345 e. The molecule has 0 aliphatic carbocycles. The predicted octanol–water partition coefficient (Wildman–Crippen LogP) is 3.28. The first-order chi connectivity index (χ1) is 6.34. The summed E-state index contributed by atoms with van der Waals surface area (Å²) in [6.45, 7) is 4.52. The zero-order valence-corrected chi connectivity index (χ0v) is 9.39. The van der Waals surface area contributed by atoms with Gasteiger partial charge in [-0.2, -0.15) is 0 Å². The minimum atomic E-state index is 0.908. The van der Waals surface area contributed by atoms with Crippen LogP contribution in [0.15, 0.2) is 0 Å². The van der Waals surface area contributed by atoms with E-state index in [9.17, 15) is 0 Å². The Bertz CT molecular complexity index is 127. The van der Waals surface area contributed by atoms with Crippen LogP contribution in [0.25, 0.3) is 0 Å². The molecule has 0 atom stereocenters. The molecular weight excluding hydrogens is 157 g/mol. The van der Waals surface area contributed by atoms with Gasteiger partial charge >= 0.3 is 0 Å². The third-order valence-electron chi connectivity index (χ3n) is 3.31. The van der Waals surface area contributed by atoms with Crippen molar-refractivity contribution in [2.75, 3.05) is 13.6 Å². The van der Waals surface area contributed by atoms with E-state index in [0.717, 1.165) is 6.85 Å². The van der Waals surface area contributed by atoms with Crippen molar-refractivity contribution >= 4 is 6.85 Å². The van der Waals surface area contributed by atoms with Crippen LogP contribution in [0.1, 0.15) is 45.4 Å². The lowest BCUT2D eigenvalue weighted by molar-refractivity contribution is 0.458. The van der Waals surface area contributed by atoms with E-state index in [4.69, 9.17) is 0 Å². The lowest BCUT2D eigenvalue weighted by atomic mass is 9.51. The van der Waals surface area contributed by atoms with E-state index in [-0.39, 0.29) is 0 Å². The number of hydrogen-bond donors (Lipinski definition) is 0. The minimum absolute atomic E-state index is 0.908. The van der Waals surface area contributed by atoms with E-state index in [0.29, 0.717) is 0 Å². The van der Waals surface area contributed by atoms with Gasteiger partial charge < -0.3 is 4.81 Å². The summed E-state index contributed by atoms with van der Waals surface area (Å²) in [5, 5.41) is 0. The zero-order valence-electron chi connectivity index (χ0n) is 9.39. The first-order valence-corrected chi connectivity index (χ1v) is 6.05. The summed E-state index contributed by atoms with van der Waals surface area (Å²) in [4.78, 5) is 2.56. The van der Waals surface area contributed by atoms with E-state index >= 15 is 0 Å². The number of rotatable bonds is 5. The Labute approximate surface area is 84.0 Å². The molecule has 76 valence electrons. The molecule has 1 rings (SSSR count). The second-order valence-electron chi connectivity index (χ2n) is 4.48. The summed E-state index contributed by atoms with van der Waals surface area (Å²) in [5.41, 5.74) is 0. The largest absolute Gasteiger partial charge is 0.345 e. The van der Waals surface area contributed by atoms with Gasteiger partial charge in [-0.1, -0.05) is 51.7 Å². The normalized spacial score (nSPS) is 19.4. The summed E-state index contributed by atoms with van der Waals surface area (Å²) in [6.07, 6.45) is 11.4. The number of hydrogen-bond acceptors (Lipinski definition) is 1. The quantitative estimate of drug-likeness (QED) is 0.464. The third kappa shape index (κ3) is 4.17. The van der Waals surface area contributed by atoms with Gasteiger partial charge in [0.2, 0.25) is 6.85 Å². The van der Waals surface area contributed by atoms with Crippen LogP contribution in [0.4, 0.5) is 0 Å². The highest BCUT2D eigenvalue weighted by Gasteiger charge is 2.21. The summed E-state index contributed by atoms with van der Waals surface area (Å²) in [6, 6.07) is 0. The highest BCUT2D eigenvalue weighted by atomic mass is 15.0. The van der Waals surface area contributed by atoms with Gasteiger partial charge in [0.05, 0.1) is 0 Å². The van der Waals surface area contributed by atoms with Gasteiger partial charge in [0.15, 0.2) is 0 Å². The van der Waals surface area contributed by atoms with E-state index in [1.54, 1.807) is 0 Å². The van der Waals surface area contributed by atoms with Crippen molar-refractivity contribution in [2.45, 2.75) is 58.1 Å². The zero-order chi connectivity index (χ0) is 9.52. The lowest BCUT2D eigenvalue weighted by Crippen LogP contribution is -2.39. The van der Waals surface area contributed by atoms with Crippen LogP contribution in [0.3, 0.4) is 0 Å². The van der Waals surface area contributed by atoms with Crippen molar-refractivity contribution in [3.63, 3.8) is 0 Å². The maximum absolute atomic E-state index is 2.56. The molecule has 0 N–H and O–H groups in total. The highest BCUT2D eigenvalue weighted by Crippen LogP contribution is 2.18. The predicted molar refractivity (Wildman–Crippen MR) is 61.4 cm³/mol. The van der Waals surface area contributed by atoms with Crippen LogP contribution >= 0.6 is 0 Å². The summed E-state index contributed by atoms with van der Waals surface area (Å²) >= 11 is 0. The Hall–Kier alpha value is 0.0249. The fourth-order valence-electron chi connectivity index (χ4n) is 2.32. The lowest BCUT2D eigenvalue weighted by Gasteiger charge is -2.29. The van der Waals surface area contributed by atoms with Crippen LogP contribution < -0.4 is 0 Å². The molecule has 0 amide bonds. The molecule has 0 aromatic carbocycles. The Morgan fingerprint density at radius 2 is 2.00 bits per heavy atom. The van der Waals surface area contributed by atoms with Crippen LogP contribution in [-0.2, 0) is 0 Å². The molecular formula is C11H24BN. The number of nitrogens with zero attached hydrogens (tertiary/aromatic N) is 1. The standard InChI is InChI=1S/C11H24BN/c1-3-4-5-6-9-12-10-7-8-11-13(12)2/h3-11H2,1-2H3. The molecule has 0 unspecified atom stereocenters. The van der Waals surface area contributed by atoms with E-state index in [2.05, 4.69) is 18.8 Å². The maximum atomic E-state index is 2.56. The van der Waals surface area contributed by atoms with Gasteiger partial charge in [0.1, 0.15) is 0 Å². The van der Waals surface area contributed by atoms with Crippen molar-refractivity contribution in [3.05, 3.63) is 0 Å². The molecule has 0 radical (unpaired) electrons. The molecule has 0 aromatic heterocycles. The summed E-state index contributed by atoms with van der Waals surface area (Å²) < 4.78 is 0. The molecule has 13 heavy (non-hydrogen) atoms. The Kier molecular flexibility index (Phi) is 5.53. The molecule has 0 spiro atoms. The van der Waals surface area contributed by atoms with Crippen molar-refractivity contribution in [1.82, 2.24) is 4.81 Å². The van der Waals surface area contributed by atoms with Gasteiger partial charge in [-0.15, -0.1) is 0 Å². The van der Waals surface area contributed by atoms with Gasteiger partial charge in [0, 0.05) is 0 Å². The molecule has 1 aliphatic rings. The van der Waals surface area contributed by atoms with Gasteiger partial charge in [-0.05, 0) is 20.0 Å².